The van der Waals surface area contributed by atoms with Gasteiger partial charge in [0.05, 0.1) is 17.4 Å². The van der Waals surface area contributed by atoms with Crippen LogP contribution < -0.4 is 16.0 Å². The summed E-state index contributed by atoms with van der Waals surface area (Å²) in [5, 5.41) is 9.80. The van der Waals surface area contributed by atoms with Gasteiger partial charge in [0.25, 0.3) is 5.91 Å². The highest BCUT2D eigenvalue weighted by Crippen LogP contribution is 2.32. The predicted octanol–water partition coefficient (Wildman–Crippen LogP) is 1.64. The fraction of sp³-hybridized carbons (Fsp3) is 0.0588. The number of nitrogens with zero attached hydrogens (tertiary/aromatic N) is 2. The molecule has 0 bridgehead atoms. The summed E-state index contributed by atoms with van der Waals surface area (Å²) in [5.41, 5.74) is 8.78. The summed E-state index contributed by atoms with van der Waals surface area (Å²) < 4.78 is 0. The van der Waals surface area contributed by atoms with Gasteiger partial charge in [0.15, 0.2) is 0 Å². The van der Waals surface area contributed by atoms with Crippen LogP contribution in [0, 0.1) is 5.41 Å². The summed E-state index contributed by atoms with van der Waals surface area (Å²) in [6, 6.07) is 10.7. The lowest BCUT2D eigenvalue weighted by Gasteiger charge is -2.22. The third-order valence-electron chi connectivity index (χ3n) is 4.17. The zero-order chi connectivity index (χ0) is 17.6. The van der Waals surface area contributed by atoms with E-state index in [1.54, 1.807) is 48.8 Å². The number of benzene rings is 2. The SMILES string of the molecule is N=C(N)c1ccc(C2C(=O)NC(=O)N2c2ccc3nc[nH]c3c2)cc1. The molecule has 3 amide bonds. The van der Waals surface area contributed by atoms with Gasteiger partial charge in [-0.1, -0.05) is 24.3 Å². The van der Waals surface area contributed by atoms with Crippen LogP contribution in [0.4, 0.5) is 10.5 Å². The number of rotatable bonds is 3. The van der Waals surface area contributed by atoms with Crippen molar-refractivity contribution in [1.29, 1.82) is 5.41 Å². The van der Waals surface area contributed by atoms with Gasteiger partial charge in [0.2, 0.25) is 0 Å². The van der Waals surface area contributed by atoms with Crippen molar-refractivity contribution < 1.29 is 9.59 Å². The molecule has 1 aromatic heterocycles. The standard InChI is InChI=1S/C17H14N6O2/c18-15(19)10-3-1-9(2-4-10)14-16(24)22-17(25)23(14)11-5-6-12-13(7-11)21-8-20-12/h1-8,14H,(H3,18,19)(H,20,21)(H,22,24,25). The Morgan fingerprint density at radius 1 is 1.16 bits per heavy atom. The van der Waals surface area contributed by atoms with Gasteiger partial charge in [-0.05, 0) is 23.8 Å². The number of aromatic nitrogens is 2. The second kappa shape index (κ2) is 5.45. The molecule has 0 spiro atoms. The molecule has 0 aliphatic carbocycles. The summed E-state index contributed by atoms with van der Waals surface area (Å²) in [7, 11) is 0. The fourth-order valence-electron chi connectivity index (χ4n) is 2.95. The van der Waals surface area contributed by atoms with Crippen LogP contribution in [0.5, 0.6) is 0 Å². The Balaban J connectivity index is 1.77. The minimum Gasteiger partial charge on any atom is -0.384 e. The van der Waals surface area contributed by atoms with Crippen molar-refractivity contribution in [3.05, 3.63) is 59.9 Å². The molecule has 3 aromatic rings. The first-order valence-electron chi connectivity index (χ1n) is 7.56. The summed E-state index contributed by atoms with van der Waals surface area (Å²) >= 11 is 0. The van der Waals surface area contributed by atoms with Crippen LogP contribution in [0.1, 0.15) is 17.2 Å². The normalized spacial score (nSPS) is 17.1. The number of fused-ring (bicyclic) bond motifs is 1. The van der Waals surface area contributed by atoms with E-state index in [9.17, 15) is 9.59 Å². The smallest absolute Gasteiger partial charge is 0.329 e. The number of hydrogen-bond donors (Lipinski definition) is 4. The number of aromatic amines is 1. The molecule has 8 nitrogen and oxygen atoms in total. The molecule has 2 heterocycles. The van der Waals surface area contributed by atoms with E-state index in [2.05, 4.69) is 15.3 Å². The van der Waals surface area contributed by atoms with E-state index in [0.29, 0.717) is 16.8 Å². The van der Waals surface area contributed by atoms with Gasteiger partial charge < -0.3 is 10.7 Å². The van der Waals surface area contributed by atoms with E-state index in [4.69, 9.17) is 11.1 Å². The van der Waals surface area contributed by atoms with Crippen molar-refractivity contribution >= 4 is 34.5 Å². The first kappa shape index (κ1) is 14.9. The van der Waals surface area contributed by atoms with E-state index in [1.165, 1.54) is 4.90 Å². The van der Waals surface area contributed by atoms with Crippen LogP contribution in [-0.4, -0.2) is 27.7 Å². The van der Waals surface area contributed by atoms with Gasteiger partial charge >= 0.3 is 6.03 Å². The van der Waals surface area contributed by atoms with Crippen LogP contribution in [0.15, 0.2) is 48.8 Å². The molecule has 0 radical (unpaired) electrons. The largest absolute Gasteiger partial charge is 0.384 e. The van der Waals surface area contributed by atoms with Crippen molar-refractivity contribution in [1.82, 2.24) is 15.3 Å². The number of urea groups is 1. The number of carbonyl (C=O) groups is 2. The molecule has 1 atom stereocenters. The Bertz CT molecular complexity index is 1010. The fourth-order valence-corrected chi connectivity index (χ4v) is 2.95. The van der Waals surface area contributed by atoms with Gasteiger partial charge in [-0.2, -0.15) is 0 Å². The minimum absolute atomic E-state index is 0.0555. The molecule has 5 N–H and O–H groups in total. The quantitative estimate of drug-likeness (QED) is 0.330. The number of nitrogens with one attached hydrogen (secondary N) is 3. The second-order valence-electron chi connectivity index (χ2n) is 5.71. The number of carbonyl (C=O) groups excluding carboxylic acids is 2. The average Bonchev–Trinajstić information content (AvgIpc) is 3.17. The van der Waals surface area contributed by atoms with Crippen LogP contribution in [0.2, 0.25) is 0 Å². The lowest BCUT2D eigenvalue weighted by Crippen LogP contribution is -2.29. The Morgan fingerprint density at radius 2 is 1.92 bits per heavy atom. The van der Waals surface area contributed by atoms with Crippen molar-refractivity contribution in [2.24, 2.45) is 5.73 Å². The van der Waals surface area contributed by atoms with Gasteiger partial charge in [0, 0.05) is 11.3 Å². The highest BCUT2D eigenvalue weighted by Gasteiger charge is 2.40. The summed E-state index contributed by atoms with van der Waals surface area (Å²) in [5.74, 6) is -0.453. The number of nitrogens with two attached hydrogens (primary N) is 1. The highest BCUT2D eigenvalue weighted by atomic mass is 16.2. The molecule has 124 valence electrons. The minimum atomic E-state index is -0.783. The van der Waals surface area contributed by atoms with Gasteiger partial charge in [0.1, 0.15) is 11.9 Å². The number of H-pyrrole nitrogens is 1. The van der Waals surface area contributed by atoms with Crippen molar-refractivity contribution in [3.63, 3.8) is 0 Å². The van der Waals surface area contributed by atoms with Crippen molar-refractivity contribution in [2.75, 3.05) is 4.90 Å². The highest BCUT2D eigenvalue weighted by molar-refractivity contribution is 6.15. The molecule has 8 heteroatoms. The first-order valence-corrected chi connectivity index (χ1v) is 7.56. The van der Waals surface area contributed by atoms with Crippen LogP contribution in [0.3, 0.4) is 0 Å². The Labute approximate surface area is 142 Å². The molecule has 2 aromatic carbocycles. The maximum absolute atomic E-state index is 12.3. The van der Waals surface area contributed by atoms with E-state index >= 15 is 0 Å². The second-order valence-corrected chi connectivity index (χ2v) is 5.71. The van der Waals surface area contributed by atoms with Crippen LogP contribution >= 0.6 is 0 Å². The molecular weight excluding hydrogens is 320 g/mol. The zero-order valence-electron chi connectivity index (χ0n) is 13.0. The number of amides is 3. The molecule has 1 saturated heterocycles. The molecule has 1 fully saturated rings. The summed E-state index contributed by atoms with van der Waals surface area (Å²) in [4.78, 5) is 33.2. The Hall–Kier alpha value is -3.68. The predicted molar refractivity (Wildman–Crippen MR) is 92.3 cm³/mol. The number of amidine groups is 1. The molecule has 1 aliphatic heterocycles. The zero-order valence-corrected chi connectivity index (χ0v) is 13.0. The first-order chi connectivity index (χ1) is 12.0. The third kappa shape index (κ3) is 2.40. The molecule has 25 heavy (non-hydrogen) atoms. The maximum Gasteiger partial charge on any atom is 0.329 e. The monoisotopic (exact) mass is 334 g/mol. The van der Waals surface area contributed by atoms with E-state index in [1.807, 2.05) is 0 Å². The third-order valence-corrected chi connectivity index (χ3v) is 4.17. The molecular formula is C17H14N6O2. The lowest BCUT2D eigenvalue weighted by atomic mass is 10.0. The Morgan fingerprint density at radius 3 is 2.64 bits per heavy atom. The van der Waals surface area contributed by atoms with Crippen LogP contribution in [-0.2, 0) is 4.79 Å². The van der Waals surface area contributed by atoms with Crippen LogP contribution in [0.25, 0.3) is 11.0 Å². The lowest BCUT2D eigenvalue weighted by molar-refractivity contribution is -0.119. The topological polar surface area (TPSA) is 128 Å². The molecule has 1 unspecified atom stereocenters. The van der Waals surface area contributed by atoms with Gasteiger partial charge in [-0.15, -0.1) is 0 Å². The van der Waals surface area contributed by atoms with Gasteiger partial charge in [-0.3, -0.25) is 20.4 Å². The van der Waals surface area contributed by atoms with E-state index in [0.717, 1.165) is 11.0 Å². The summed E-state index contributed by atoms with van der Waals surface area (Å²) in [6.45, 7) is 0. The summed E-state index contributed by atoms with van der Waals surface area (Å²) in [6.07, 6.45) is 1.57. The Kier molecular flexibility index (Phi) is 3.24. The van der Waals surface area contributed by atoms with Crippen molar-refractivity contribution in [3.8, 4) is 0 Å². The number of imidazole rings is 1. The molecule has 1 aliphatic rings. The van der Waals surface area contributed by atoms with E-state index in [-0.39, 0.29) is 5.84 Å². The van der Waals surface area contributed by atoms with Gasteiger partial charge in [-0.25, -0.2) is 9.78 Å². The number of anilines is 1. The van der Waals surface area contributed by atoms with Crippen molar-refractivity contribution in [2.45, 2.75) is 6.04 Å². The maximum atomic E-state index is 12.3. The number of nitrogen functional groups attached to an aromatic ring is 1. The number of hydrogen-bond acceptors (Lipinski definition) is 4. The average molecular weight is 334 g/mol. The molecule has 4 rings (SSSR count). The molecule has 0 saturated carbocycles. The van der Waals surface area contributed by atoms with E-state index < -0.39 is 18.0 Å². The number of imide groups is 1.